The van der Waals surface area contributed by atoms with Crippen LogP contribution >= 0.6 is 0 Å². The van der Waals surface area contributed by atoms with Crippen molar-refractivity contribution in [2.75, 3.05) is 0 Å². The Morgan fingerprint density at radius 2 is 0.714 bits per heavy atom. The molecule has 0 aromatic rings. The van der Waals surface area contributed by atoms with E-state index in [-0.39, 0.29) is 10.9 Å². The highest BCUT2D eigenvalue weighted by molar-refractivity contribution is 4.45. The van der Waals surface area contributed by atoms with E-state index in [9.17, 15) is 0 Å². The molecular weight excluding hydrogens is 177 g/mol. The van der Waals surface area contributed by atoms with E-state index in [0.717, 1.165) is 0 Å². The van der Waals surface area contributed by atoms with Crippen LogP contribution in [0.2, 0.25) is 0 Å². The van der Waals surface area contributed by atoms with Crippen LogP contribution in [-0.2, 0) is 0 Å². The average Bonchev–Trinajstić information content (AvgIpc) is 2.10. The van der Waals surface area contributed by atoms with Gasteiger partial charge in [-0.05, 0) is 0 Å². The predicted molar refractivity (Wildman–Crippen MR) is 65.0 cm³/mol. The molecule has 0 heterocycles. The van der Waals surface area contributed by atoms with Gasteiger partial charge < -0.3 is 6.15 Å². The molecule has 0 unspecified atom stereocenters. The first-order valence-electron chi connectivity index (χ1n) is 5.91. The minimum Gasteiger partial charge on any atom is -0.344 e. The lowest BCUT2D eigenvalue weighted by atomic mass is 10.1. The Morgan fingerprint density at radius 1 is 0.500 bits per heavy atom. The molecule has 3 N–H and O–H groups in total. The summed E-state index contributed by atoms with van der Waals surface area (Å²) in [5, 5.41) is 0. The second kappa shape index (κ2) is 18.6. The van der Waals surface area contributed by atoms with Gasteiger partial charge >= 0.3 is 0 Å². The first-order valence-corrected chi connectivity index (χ1v) is 5.91. The first kappa shape index (κ1) is 19.5. The maximum absolute atomic E-state index is 2.28. The molecule has 0 spiro atoms. The van der Waals surface area contributed by atoms with Gasteiger partial charge in [0, 0.05) is 0 Å². The molecule has 90 valence electrons. The van der Waals surface area contributed by atoms with Gasteiger partial charge in [-0.1, -0.05) is 78.1 Å². The molecule has 1 nitrogen and oxygen atoms in total. The number of unbranched alkanes of at least 4 members (excludes halogenated alkanes) is 9. The van der Waals surface area contributed by atoms with E-state index in [1.807, 2.05) is 0 Å². The molecule has 0 saturated carbocycles. The summed E-state index contributed by atoms with van der Waals surface area (Å²) < 4.78 is 0. The second-order valence-electron chi connectivity index (χ2n) is 3.83. The maximum atomic E-state index is 2.28. The fraction of sp³-hybridized carbons (Fsp3) is 1.00. The maximum Gasteiger partial charge on any atom is -0.0533 e. The van der Waals surface area contributed by atoms with Crippen molar-refractivity contribution in [3.8, 4) is 0 Å². The Bertz CT molecular complexity index is 66.7. The highest BCUT2D eigenvalue weighted by Crippen LogP contribution is 2.09. The SMILES string of the molecule is CCCCCCCCCCCC.F.N. The molecule has 14 heavy (non-hydrogen) atoms. The standard InChI is InChI=1S/C12H26.FH.H3N/c1-3-5-7-9-11-12-10-8-6-4-2;;/h3-12H2,1-2H3;1H;1H3. The zero-order chi connectivity index (χ0) is 9.07. The zero-order valence-electron chi connectivity index (χ0n) is 10.2. The predicted octanol–water partition coefficient (Wildman–Crippen LogP) is 5.24. The summed E-state index contributed by atoms with van der Waals surface area (Å²) in [7, 11) is 0. The Kier molecular flexibility index (Phi) is 25.9. The van der Waals surface area contributed by atoms with E-state index in [2.05, 4.69) is 13.8 Å². The van der Waals surface area contributed by atoms with E-state index in [1.165, 1.54) is 64.2 Å². The van der Waals surface area contributed by atoms with Gasteiger partial charge in [-0.3, -0.25) is 4.70 Å². The van der Waals surface area contributed by atoms with Crippen LogP contribution in [0.25, 0.3) is 0 Å². The van der Waals surface area contributed by atoms with E-state index >= 15 is 0 Å². The average molecular weight is 207 g/mol. The van der Waals surface area contributed by atoms with Crippen molar-refractivity contribution in [3.63, 3.8) is 0 Å². The van der Waals surface area contributed by atoms with E-state index in [0.29, 0.717) is 0 Å². The zero-order valence-corrected chi connectivity index (χ0v) is 10.2. The molecule has 0 aliphatic rings. The second-order valence-corrected chi connectivity index (χ2v) is 3.83. The fourth-order valence-electron chi connectivity index (χ4n) is 1.56. The first-order chi connectivity index (χ1) is 5.91. The van der Waals surface area contributed by atoms with Crippen molar-refractivity contribution in [1.29, 1.82) is 0 Å². The lowest BCUT2D eigenvalue weighted by molar-refractivity contribution is 0.562. The molecule has 2 heteroatoms. The van der Waals surface area contributed by atoms with Gasteiger partial charge in [0.05, 0.1) is 0 Å². The molecule has 0 aliphatic heterocycles. The third-order valence-corrected chi connectivity index (χ3v) is 2.46. The van der Waals surface area contributed by atoms with Crippen LogP contribution in [0.1, 0.15) is 78.1 Å². The van der Waals surface area contributed by atoms with Crippen LogP contribution in [0.5, 0.6) is 0 Å². The van der Waals surface area contributed by atoms with Gasteiger partial charge in [0.1, 0.15) is 0 Å². The van der Waals surface area contributed by atoms with Crippen LogP contribution in [0.15, 0.2) is 0 Å². The van der Waals surface area contributed by atoms with Gasteiger partial charge in [0.25, 0.3) is 0 Å². The molecule has 0 atom stereocenters. The molecule has 0 rings (SSSR count). The molecule has 0 bridgehead atoms. The van der Waals surface area contributed by atoms with Crippen molar-refractivity contribution in [2.45, 2.75) is 78.1 Å². The molecule has 0 fully saturated rings. The molecular formula is C12H30FN. The summed E-state index contributed by atoms with van der Waals surface area (Å²) in [5.41, 5.74) is 0. The third kappa shape index (κ3) is 17.8. The summed E-state index contributed by atoms with van der Waals surface area (Å²) in [6, 6.07) is 0. The summed E-state index contributed by atoms with van der Waals surface area (Å²) in [6.45, 7) is 4.56. The van der Waals surface area contributed by atoms with E-state index in [1.54, 1.807) is 0 Å². The lowest BCUT2D eigenvalue weighted by Crippen LogP contribution is -1.80. The van der Waals surface area contributed by atoms with Gasteiger partial charge in [-0.2, -0.15) is 0 Å². The summed E-state index contributed by atoms with van der Waals surface area (Å²) in [4.78, 5) is 0. The minimum atomic E-state index is 0. The molecule has 0 radical (unpaired) electrons. The van der Waals surface area contributed by atoms with Crippen molar-refractivity contribution in [3.05, 3.63) is 0 Å². The number of hydrogen-bond donors (Lipinski definition) is 1. The van der Waals surface area contributed by atoms with Gasteiger partial charge in [-0.15, -0.1) is 0 Å². The quantitative estimate of drug-likeness (QED) is 0.515. The Hall–Kier alpha value is -0.110. The minimum absolute atomic E-state index is 0. The molecule has 0 aromatic carbocycles. The van der Waals surface area contributed by atoms with Crippen molar-refractivity contribution >= 4 is 0 Å². The Balaban J connectivity index is -0.000000605. The third-order valence-electron chi connectivity index (χ3n) is 2.46. The topological polar surface area (TPSA) is 35.0 Å². The van der Waals surface area contributed by atoms with E-state index < -0.39 is 0 Å². The Labute approximate surface area is 89.6 Å². The summed E-state index contributed by atoms with van der Waals surface area (Å²) in [5.74, 6) is 0. The highest BCUT2D eigenvalue weighted by Gasteiger charge is 1.90. The number of rotatable bonds is 9. The summed E-state index contributed by atoms with van der Waals surface area (Å²) >= 11 is 0. The Morgan fingerprint density at radius 3 is 0.929 bits per heavy atom. The molecule has 0 saturated heterocycles. The van der Waals surface area contributed by atoms with Crippen LogP contribution in [0, 0.1) is 0 Å². The van der Waals surface area contributed by atoms with Gasteiger partial charge in [0.2, 0.25) is 0 Å². The van der Waals surface area contributed by atoms with Crippen molar-refractivity contribution in [1.82, 2.24) is 6.15 Å². The molecule has 0 aromatic heterocycles. The highest BCUT2D eigenvalue weighted by atomic mass is 19.0. The normalized spacial score (nSPS) is 9.00. The molecule has 0 aliphatic carbocycles. The van der Waals surface area contributed by atoms with Crippen LogP contribution in [0.3, 0.4) is 0 Å². The van der Waals surface area contributed by atoms with Crippen molar-refractivity contribution in [2.24, 2.45) is 0 Å². The van der Waals surface area contributed by atoms with Gasteiger partial charge in [-0.25, -0.2) is 0 Å². The van der Waals surface area contributed by atoms with Crippen LogP contribution in [-0.4, -0.2) is 0 Å². The molecule has 0 amide bonds. The smallest absolute Gasteiger partial charge is 0.0533 e. The summed E-state index contributed by atoms with van der Waals surface area (Å²) in [6.07, 6.45) is 14.4. The van der Waals surface area contributed by atoms with Gasteiger partial charge in [0.15, 0.2) is 0 Å². The van der Waals surface area contributed by atoms with Crippen LogP contribution in [0.4, 0.5) is 4.70 Å². The van der Waals surface area contributed by atoms with E-state index in [4.69, 9.17) is 0 Å². The van der Waals surface area contributed by atoms with Crippen LogP contribution < -0.4 is 6.15 Å². The van der Waals surface area contributed by atoms with Crippen molar-refractivity contribution < 1.29 is 4.70 Å². The number of hydrogen-bond acceptors (Lipinski definition) is 1. The monoisotopic (exact) mass is 207 g/mol. The largest absolute Gasteiger partial charge is 0.344 e. The number of halogens is 1. The fourth-order valence-corrected chi connectivity index (χ4v) is 1.56. The lowest BCUT2D eigenvalue weighted by Gasteiger charge is -1.99.